The molecule has 16 heavy (non-hydrogen) atoms. The lowest BCUT2D eigenvalue weighted by Gasteiger charge is -2.27. The molecule has 1 fully saturated rings. The van der Waals surface area contributed by atoms with Crippen LogP contribution in [-0.4, -0.2) is 30.4 Å². The molecule has 0 aliphatic carbocycles. The summed E-state index contributed by atoms with van der Waals surface area (Å²) in [6.45, 7) is 0.555. The van der Waals surface area contributed by atoms with E-state index in [2.05, 4.69) is 0 Å². The van der Waals surface area contributed by atoms with Gasteiger partial charge in [0.1, 0.15) is 6.10 Å². The number of carboxylic acids is 1. The monoisotopic (exact) mass is 230 g/mol. The first-order valence-electron chi connectivity index (χ1n) is 4.54. The van der Waals surface area contributed by atoms with Gasteiger partial charge in [0.15, 0.2) is 17.4 Å². The average Bonchev–Trinajstić information content (AvgIpc) is 2.13. The molecule has 0 saturated carbocycles. The first-order chi connectivity index (χ1) is 7.58. The number of aromatic carboxylic acids is 1. The second-order valence-electron chi connectivity index (χ2n) is 3.35. The first-order valence-corrected chi connectivity index (χ1v) is 4.54. The summed E-state index contributed by atoms with van der Waals surface area (Å²) in [5, 5.41) is 8.57. The van der Waals surface area contributed by atoms with Crippen molar-refractivity contribution in [1.29, 1.82) is 0 Å². The van der Waals surface area contributed by atoms with Gasteiger partial charge in [-0.2, -0.15) is 0 Å². The van der Waals surface area contributed by atoms with Crippen LogP contribution in [0.5, 0.6) is 5.75 Å². The lowest BCUT2D eigenvalue weighted by molar-refractivity contribution is -0.0821. The SMILES string of the molecule is O=C(O)c1cc(F)c(OC2COC2)c(F)c1. The minimum Gasteiger partial charge on any atom is -0.479 e. The van der Waals surface area contributed by atoms with Crippen molar-refractivity contribution in [3.05, 3.63) is 29.3 Å². The Morgan fingerprint density at radius 3 is 2.31 bits per heavy atom. The summed E-state index contributed by atoms with van der Waals surface area (Å²) < 4.78 is 36.4. The van der Waals surface area contributed by atoms with Crippen LogP contribution in [0.25, 0.3) is 0 Å². The molecule has 0 amide bonds. The van der Waals surface area contributed by atoms with Gasteiger partial charge in [-0.05, 0) is 12.1 Å². The summed E-state index contributed by atoms with van der Waals surface area (Å²) in [6.07, 6.45) is -0.375. The fraction of sp³-hybridized carbons (Fsp3) is 0.300. The Bertz CT molecular complexity index is 406. The number of rotatable bonds is 3. The van der Waals surface area contributed by atoms with Gasteiger partial charge >= 0.3 is 5.97 Å². The van der Waals surface area contributed by atoms with Gasteiger partial charge in [0.2, 0.25) is 0 Å². The number of halogens is 2. The summed E-state index contributed by atoms with van der Waals surface area (Å²) in [5.41, 5.74) is -0.452. The Balaban J connectivity index is 2.27. The van der Waals surface area contributed by atoms with Crippen molar-refractivity contribution in [3.8, 4) is 5.75 Å². The lowest BCUT2D eigenvalue weighted by Crippen LogP contribution is -2.39. The van der Waals surface area contributed by atoms with E-state index in [1.807, 2.05) is 0 Å². The summed E-state index contributed by atoms with van der Waals surface area (Å²) in [4.78, 5) is 10.5. The molecule has 0 bridgehead atoms. The van der Waals surface area contributed by atoms with Gasteiger partial charge in [0, 0.05) is 0 Å². The highest BCUT2D eigenvalue weighted by molar-refractivity contribution is 5.87. The van der Waals surface area contributed by atoms with Gasteiger partial charge in [-0.1, -0.05) is 0 Å². The summed E-state index contributed by atoms with van der Waals surface area (Å²) in [6, 6.07) is 1.44. The van der Waals surface area contributed by atoms with Crippen molar-refractivity contribution in [3.63, 3.8) is 0 Å². The van der Waals surface area contributed by atoms with E-state index in [1.54, 1.807) is 0 Å². The topological polar surface area (TPSA) is 55.8 Å². The highest BCUT2D eigenvalue weighted by Crippen LogP contribution is 2.25. The third-order valence-electron chi connectivity index (χ3n) is 2.14. The quantitative estimate of drug-likeness (QED) is 0.853. The smallest absolute Gasteiger partial charge is 0.335 e. The van der Waals surface area contributed by atoms with E-state index >= 15 is 0 Å². The van der Waals surface area contributed by atoms with Crippen molar-refractivity contribution in [1.82, 2.24) is 0 Å². The maximum absolute atomic E-state index is 13.3. The molecular weight excluding hydrogens is 222 g/mol. The van der Waals surface area contributed by atoms with E-state index in [4.69, 9.17) is 14.6 Å². The zero-order chi connectivity index (χ0) is 11.7. The Hall–Kier alpha value is -1.69. The zero-order valence-corrected chi connectivity index (χ0v) is 8.07. The van der Waals surface area contributed by atoms with E-state index in [1.165, 1.54) is 0 Å². The van der Waals surface area contributed by atoms with Crippen molar-refractivity contribution in [2.24, 2.45) is 0 Å². The van der Waals surface area contributed by atoms with E-state index in [0.717, 1.165) is 12.1 Å². The Labute approximate surface area is 89.4 Å². The lowest BCUT2D eigenvalue weighted by atomic mass is 10.2. The molecule has 1 aliphatic rings. The maximum Gasteiger partial charge on any atom is 0.335 e. The van der Waals surface area contributed by atoms with Crippen LogP contribution in [0.4, 0.5) is 8.78 Å². The van der Waals surface area contributed by atoms with Gasteiger partial charge in [-0.3, -0.25) is 0 Å². The van der Waals surface area contributed by atoms with Gasteiger partial charge in [0.25, 0.3) is 0 Å². The fourth-order valence-corrected chi connectivity index (χ4v) is 1.24. The van der Waals surface area contributed by atoms with Crippen LogP contribution in [-0.2, 0) is 4.74 Å². The first kappa shape index (κ1) is 10.8. The number of benzene rings is 1. The second kappa shape index (κ2) is 4.05. The van der Waals surface area contributed by atoms with E-state index < -0.39 is 28.9 Å². The third-order valence-corrected chi connectivity index (χ3v) is 2.14. The third kappa shape index (κ3) is 1.96. The Morgan fingerprint density at radius 1 is 1.38 bits per heavy atom. The molecule has 1 aromatic rings. The molecule has 6 heteroatoms. The molecule has 0 unspecified atom stereocenters. The second-order valence-corrected chi connectivity index (χ2v) is 3.35. The van der Waals surface area contributed by atoms with Crippen molar-refractivity contribution < 1.29 is 28.2 Å². The molecular formula is C10H8F2O4. The molecule has 1 aromatic carbocycles. The highest BCUT2D eigenvalue weighted by Gasteiger charge is 2.24. The summed E-state index contributed by atoms with van der Waals surface area (Å²) in [7, 11) is 0. The van der Waals surface area contributed by atoms with Gasteiger partial charge in [-0.25, -0.2) is 13.6 Å². The Morgan fingerprint density at radius 2 is 1.94 bits per heavy atom. The zero-order valence-electron chi connectivity index (χ0n) is 8.07. The molecule has 1 heterocycles. The molecule has 2 rings (SSSR count). The summed E-state index contributed by atoms with van der Waals surface area (Å²) >= 11 is 0. The van der Waals surface area contributed by atoms with Gasteiger partial charge < -0.3 is 14.6 Å². The predicted octanol–water partition coefficient (Wildman–Crippen LogP) is 1.44. The van der Waals surface area contributed by atoms with Crippen LogP contribution in [0, 0.1) is 11.6 Å². The minimum absolute atomic E-state index is 0.277. The highest BCUT2D eigenvalue weighted by atomic mass is 19.1. The van der Waals surface area contributed by atoms with Crippen LogP contribution >= 0.6 is 0 Å². The number of hydrogen-bond donors (Lipinski definition) is 1. The predicted molar refractivity (Wildman–Crippen MR) is 48.6 cm³/mol. The fourth-order valence-electron chi connectivity index (χ4n) is 1.24. The van der Waals surface area contributed by atoms with E-state index in [-0.39, 0.29) is 19.3 Å². The van der Waals surface area contributed by atoms with Crippen LogP contribution in [0.3, 0.4) is 0 Å². The molecule has 0 aromatic heterocycles. The normalized spacial score (nSPS) is 15.6. The van der Waals surface area contributed by atoms with Crippen molar-refractivity contribution >= 4 is 5.97 Å². The van der Waals surface area contributed by atoms with Crippen molar-refractivity contribution in [2.45, 2.75) is 6.10 Å². The average molecular weight is 230 g/mol. The largest absolute Gasteiger partial charge is 0.479 e. The Kier molecular flexibility index (Phi) is 2.74. The molecule has 0 atom stereocenters. The number of ether oxygens (including phenoxy) is 2. The van der Waals surface area contributed by atoms with E-state index in [9.17, 15) is 13.6 Å². The van der Waals surface area contributed by atoms with Crippen LogP contribution in [0.1, 0.15) is 10.4 Å². The van der Waals surface area contributed by atoms with Gasteiger partial charge in [0.05, 0.1) is 18.8 Å². The van der Waals surface area contributed by atoms with Crippen LogP contribution in [0.15, 0.2) is 12.1 Å². The summed E-state index contributed by atoms with van der Waals surface area (Å²) in [5.74, 6) is -4.00. The standard InChI is InChI=1S/C10H8F2O4/c11-7-1-5(10(13)14)2-8(12)9(7)16-6-3-15-4-6/h1-2,6H,3-4H2,(H,13,14). The molecule has 0 spiro atoms. The minimum atomic E-state index is -1.39. The molecule has 1 N–H and O–H groups in total. The van der Waals surface area contributed by atoms with Gasteiger partial charge in [-0.15, -0.1) is 0 Å². The molecule has 86 valence electrons. The van der Waals surface area contributed by atoms with Crippen molar-refractivity contribution in [2.75, 3.05) is 13.2 Å². The number of carbonyl (C=O) groups is 1. The van der Waals surface area contributed by atoms with Crippen LogP contribution < -0.4 is 4.74 Å². The van der Waals surface area contributed by atoms with E-state index in [0.29, 0.717) is 0 Å². The van der Waals surface area contributed by atoms with Crippen LogP contribution in [0.2, 0.25) is 0 Å². The molecule has 4 nitrogen and oxygen atoms in total. The molecule has 0 radical (unpaired) electrons. The maximum atomic E-state index is 13.3. The molecule has 1 saturated heterocycles. The molecule has 1 aliphatic heterocycles. The number of carboxylic acid groups (broad SMARTS) is 1. The number of hydrogen-bond acceptors (Lipinski definition) is 3.